The molecule has 70 valence electrons. The minimum atomic E-state index is -1.10. The molecule has 0 amide bonds. The second-order valence-electron chi connectivity index (χ2n) is 2.47. The number of carbonyl (C=O) groups is 1. The molecule has 0 saturated carbocycles. The van der Waals surface area contributed by atoms with Crippen molar-refractivity contribution in [3.05, 3.63) is 40.4 Å². The highest BCUT2D eigenvalue weighted by molar-refractivity contribution is 6.33. The van der Waals surface area contributed by atoms with Crippen LogP contribution in [-0.2, 0) is 0 Å². The summed E-state index contributed by atoms with van der Waals surface area (Å²) in [5, 5.41) is 17.3. The first-order valence-corrected chi connectivity index (χ1v) is 4.12. The molecule has 1 rings (SSSR count). The van der Waals surface area contributed by atoms with Gasteiger partial charge in [0.15, 0.2) is 0 Å². The van der Waals surface area contributed by atoms with Crippen molar-refractivity contribution in [1.29, 1.82) is 5.26 Å². The van der Waals surface area contributed by atoms with Crippen molar-refractivity contribution < 1.29 is 9.90 Å². The summed E-state index contributed by atoms with van der Waals surface area (Å²) in [7, 11) is 0. The van der Waals surface area contributed by atoms with Crippen molar-refractivity contribution in [3.8, 4) is 6.07 Å². The second-order valence-corrected chi connectivity index (χ2v) is 2.88. The fourth-order valence-corrected chi connectivity index (χ4v) is 1.30. The quantitative estimate of drug-likeness (QED) is 0.759. The lowest BCUT2D eigenvalue weighted by molar-refractivity contribution is 0.0697. The predicted octanol–water partition coefficient (Wildman–Crippen LogP) is 2.57. The summed E-state index contributed by atoms with van der Waals surface area (Å²) in [6.07, 6.45) is 2.62. The van der Waals surface area contributed by atoms with Crippen LogP contribution in [0, 0.1) is 11.3 Å². The van der Waals surface area contributed by atoms with E-state index in [1.807, 2.05) is 0 Å². The Morgan fingerprint density at radius 3 is 2.86 bits per heavy atom. The number of nitrogens with zero attached hydrogens (tertiary/aromatic N) is 1. The smallest absolute Gasteiger partial charge is 0.337 e. The van der Waals surface area contributed by atoms with Crippen molar-refractivity contribution in [3.63, 3.8) is 0 Å². The van der Waals surface area contributed by atoms with Crippen LogP contribution in [0.2, 0.25) is 5.02 Å². The molecule has 0 atom stereocenters. The van der Waals surface area contributed by atoms with Crippen LogP contribution in [0.3, 0.4) is 0 Å². The summed E-state index contributed by atoms with van der Waals surface area (Å²) in [4.78, 5) is 10.8. The minimum Gasteiger partial charge on any atom is -0.478 e. The molecular formula is C10H6ClNO2. The summed E-state index contributed by atoms with van der Waals surface area (Å²) in [6.45, 7) is 0. The van der Waals surface area contributed by atoms with Gasteiger partial charge in [-0.1, -0.05) is 23.7 Å². The van der Waals surface area contributed by atoms with Crippen LogP contribution in [0.15, 0.2) is 24.3 Å². The minimum absolute atomic E-state index is 0.0145. The molecule has 0 aliphatic rings. The number of aromatic carboxylic acids is 1. The molecular weight excluding hydrogens is 202 g/mol. The zero-order chi connectivity index (χ0) is 10.6. The van der Waals surface area contributed by atoms with E-state index in [1.54, 1.807) is 18.2 Å². The Hall–Kier alpha value is -1.79. The maximum Gasteiger partial charge on any atom is 0.337 e. The van der Waals surface area contributed by atoms with Gasteiger partial charge in [0.1, 0.15) is 0 Å². The maximum atomic E-state index is 10.8. The zero-order valence-corrected chi connectivity index (χ0v) is 7.82. The largest absolute Gasteiger partial charge is 0.478 e. The van der Waals surface area contributed by atoms with Gasteiger partial charge in [-0.2, -0.15) is 5.26 Å². The highest BCUT2D eigenvalue weighted by Crippen LogP contribution is 2.20. The van der Waals surface area contributed by atoms with Gasteiger partial charge in [0.2, 0.25) is 0 Å². The molecule has 1 aromatic rings. The fourth-order valence-electron chi connectivity index (χ4n) is 1.03. The van der Waals surface area contributed by atoms with Crippen molar-refractivity contribution in [2.24, 2.45) is 0 Å². The van der Waals surface area contributed by atoms with E-state index in [2.05, 4.69) is 0 Å². The average molecular weight is 208 g/mol. The molecule has 0 heterocycles. The van der Waals surface area contributed by atoms with E-state index >= 15 is 0 Å². The number of halogens is 1. The van der Waals surface area contributed by atoms with E-state index in [9.17, 15) is 4.79 Å². The summed E-state index contributed by atoms with van der Waals surface area (Å²) >= 11 is 5.71. The molecule has 3 nitrogen and oxygen atoms in total. The molecule has 0 saturated heterocycles. The van der Waals surface area contributed by atoms with Crippen LogP contribution in [0.25, 0.3) is 6.08 Å². The monoisotopic (exact) mass is 207 g/mol. The SMILES string of the molecule is N#CC=Cc1cccc(Cl)c1C(=O)O. The Bertz CT molecular complexity index is 432. The van der Waals surface area contributed by atoms with Crippen LogP contribution in [0.5, 0.6) is 0 Å². The predicted molar refractivity (Wildman–Crippen MR) is 53.1 cm³/mol. The van der Waals surface area contributed by atoms with E-state index in [1.165, 1.54) is 18.2 Å². The number of carboxylic acids is 1. The Balaban J connectivity index is 3.30. The van der Waals surface area contributed by atoms with E-state index in [4.69, 9.17) is 22.0 Å². The Kier molecular flexibility index (Phi) is 3.27. The zero-order valence-electron chi connectivity index (χ0n) is 7.07. The molecule has 0 aromatic heterocycles. The summed E-state index contributed by atoms with van der Waals surface area (Å²) in [5.41, 5.74) is 0.437. The van der Waals surface area contributed by atoms with Gasteiger partial charge in [-0.3, -0.25) is 0 Å². The van der Waals surface area contributed by atoms with Gasteiger partial charge in [0.05, 0.1) is 16.7 Å². The maximum absolute atomic E-state index is 10.8. The first kappa shape index (κ1) is 10.3. The molecule has 0 bridgehead atoms. The van der Waals surface area contributed by atoms with Crippen LogP contribution >= 0.6 is 11.6 Å². The standard InChI is InChI=1S/C10H6ClNO2/c11-8-5-1-3-7(4-2-6-12)9(8)10(13)14/h1-5H,(H,13,14). The number of rotatable bonds is 2. The van der Waals surface area contributed by atoms with Gasteiger partial charge in [-0.15, -0.1) is 0 Å². The highest BCUT2D eigenvalue weighted by Gasteiger charge is 2.11. The Morgan fingerprint density at radius 1 is 1.57 bits per heavy atom. The van der Waals surface area contributed by atoms with Crippen molar-refractivity contribution in [2.75, 3.05) is 0 Å². The molecule has 0 unspecified atom stereocenters. The molecule has 1 N–H and O–H groups in total. The first-order valence-electron chi connectivity index (χ1n) is 3.75. The van der Waals surface area contributed by atoms with Crippen molar-refractivity contribution in [1.82, 2.24) is 0 Å². The van der Waals surface area contributed by atoms with E-state index in [-0.39, 0.29) is 10.6 Å². The first-order chi connectivity index (χ1) is 6.66. The van der Waals surface area contributed by atoms with Crippen molar-refractivity contribution >= 4 is 23.6 Å². The Labute approximate surface area is 85.9 Å². The number of nitriles is 1. The number of carboxylic acid groups (broad SMARTS) is 1. The lowest BCUT2D eigenvalue weighted by Gasteiger charge is -2.02. The molecule has 4 heteroatoms. The van der Waals surface area contributed by atoms with Gasteiger partial charge in [0.25, 0.3) is 0 Å². The average Bonchev–Trinajstić information content (AvgIpc) is 2.14. The number of hydrogen-bond acceptors (Lipinski definition) is 2. The van der Waals surface area contributed by atoms with Crippen LogP contribution in [0.1, 0.15) is 15.9 Å². The topological polar surface area (TPSA) is 61.1 Å². The molecule has 0 fully saturated rings. The van der Waals surface area contributed by atoms with Gasteiger partial charge >= 0.3 is 5.97 Å². The van der Waals surface area contributed by atoms with E-state index in [0.29, 0.717) is 5.56 Å². The van der Waals surface area contributed by atoms with E-state index < -0.39 is 5.97 Å². The van der Waals surface area contributed by atoms with Gasteiger partial charge in [-0.05, 0) is 17.7 Å². The van der Waals surface area contributed by atoms with Crippen LogP contribution < -0.4 is 0 Å². The summed E-state index contributed by atoms with van der Waals surface area (Å²) in [6, 6.07) is 6.50. The third-order valence-corrected chi connectivity index (χ3v) is 1.91. The lowest BCUT2D eigenvalue weighted by atomic mass is 10.1. The second kappa shape index (κ2) is 4.45. The molecule has 14 heavy (non-hydrogen) atoms. The van der Waals surface area contributed by atoms with E-state index in [0.717, 1.165) is 0 Å². The Morgan fingerprint density at radius 2 is 2.29 bits per heavy atom. The van der Waals surface area contributed by atoms with Crippen molar-refractivity contribution in [2.45, 2.75) is 0 Å². The third-order valence-electron chi connectivity index (χ3n) is 1.60. The normalized spacial score (nSPS) is 10.0. The number of benzene rings is 1. The summed E-state index contributed by atoms with van der Waals surface area (Å²) < 4.78 is 0. The fraction of sp³-hybridized carbons (Fsp3) is 0. The molecule has 0 spiro atoms. The van der Waals surface area contributed by atoms with Gasteiger partial charge < -0.3 is 5.11 Å². The lowest BCUT2D eigenvalue weighted by Crippen LogP contribution is -2.00. The highest BCUT2D eigenvalue weighted by atomic mass is 35.5. The molecule has 0 aliphatic carbocycles. The van der Waals surface area contributed by atoms with Gasteiger partial charge in [-0.25, -0.2) is 4.79 Å². The van der Waals surface area contributed by atoms with Crippen LogP contribution in [0.4, 0.5) is 0 Å². The molecule has 1 aromatic carbocycles. The van der Waals surface area contributed by atoms with Gasteiger partial charge in [0, 0.05) is 6.08 Å². The third kappa shape index (κ3) is 2.12. The molecule has 0 radical (unpaired) electrons. The van der Waals surface area contributed by atoms with Crippen LogP contribution in [-0.4, -0.2) is 11.1 Å². The molecule has 0 aliphatic heterocycles. The number of allylic oxidation sites excluding steroid dienone is 1. The number of hydrogen-bond donors (Lipinski definition) is 1. The summed E-state index contributed by atoms with van der Waals surface area (Å²) in [5.74, 6) is -1.10.